The lowest BCUT2D eigenvalue weighted by molar-refractivity contribution is 0.0643. The van der Waals surface area contributed by atoms with Crippen LogP contribution in [-0.4, -0.2) is 39.0 Å². The summed E-state index contributed by atoms with van der Waals surface area (Å²) in [6.07, 6.45) is 0. The van der Waals surface area contributed by atoms with Crippen molar-refractivity contribution in [2.24, 2.45) is 0 Å². The molecule has 0 radical (unpaired) electrons. The second-order valence-electron chi connectivity index (χ2n) is 9.69. The van der Waals surface area contributed by atoms with E-state index in [0.717, 1.165) is 5.56 Å². The standard InChI is InChI=1S/C20H37NOSi2/c1-15(2)21(16(3)4)19(22)17-11-13-18(14-12-17)20(23(5,6)7)24(8,9)10/h11-16,20H,1-10H3. The molecular formula is C20H37NOSi2. The van der Waals surface area contributed by atoms with Crippen molar-refractivity contribution in [1.82, 2.24) is 4.90 Å². The van der Waals surface area contributed by atoms with Gasteiger partial charge in [0.05, 0.1) is 0 Å². The number of rotatable bonds is 6. The first kappa shape index (κ1) is 21.2. The van der Waals surface area contributed by atoms with Crippen LogP contribution in [0.4, 0.5) is 0 Å². The Kier molecular flexibility index (Phi) is 6.67. The molecule has 0 aliphatic heterocycles. The molecular weight excluding hydrogens is 326 g/mol. The summed E-state index contributed by atoms with van der Waals surface area (Å²) in [5.74, 6) is 0.143. The van der Waals surface area contributed by atoms with Gasteiger partial charge in [0, 0.05) is 33.8 Å². The average Bonchev–Trinajstić information content (AvgIpc) is 2.34. The quantitative estimate of drug-likeness (QED) is 0.586. The van der Waals surface area contributed by atoms with Gasteiger partial charge in [-0.25, -0.2) is 0 Å². The third-order valence-corrected chi connectivity index (χ3v) is 13.9. The molecule has 1 rings (SSSR count). The fraction of sp³-hybridized carbons (Fsp3) is 0.650. The smallest absolute Gasteiger partial charge is 0.254 e. The van der Waals surface area contributed by atoms with Gasteiger partial charge in [0.2, 0.25) is 0 Å². The predicted molar refractivity (Wildman–Crippen MR) is 112 cm³/mol. The van der Waals surface area contributed by atoms with Gasteiger partial charge in [-0.3, -0.25) is 4.79 Å². The summed E-state index contributed by atoms with van der Waals surface area (Å²) in [7, 11) is -2.60. The number of hydrogen-bond acceptors (Lipinski definition) is 1. The molecule has 2 nitrogen and oxygen atoms in total. The van der Waals surface area contributed by atoms with E-state index >= 15 is 0 Å². The predicted octanol–water partition coefficient (Wildman–Crippen LogP) is 5.78. The van der Waals surface area contributed by atoms with Crippen molar-refractivity contribution in [3.8, 4) is 0 Å². The Morgan fingerprint density at radius 3 is 1.46 bits per heavy atom. The number of nitrogens with zero attached hydrogens (tertiary/aromatic N) is 1. The van der Waals surface area contributed by atoms with Crippen LogP contribution in [0.5, 0.6) is 0 Å². The Balaban J connectivity index is 3.18. The molecule has 0 bridgehead atoms. The van der Waals surface area contributed by atoms with Gasteiger partial charge >= 0.3 is 0 Å². The lowest BCUT2D eigenvalue weighted by Gasteiger charge is -2.39. The lowest BCUT2D eigenvalue weighted by Crippen LogP contribution is -2.46. The summed E-state index contributed by atoms with van der Waals surface area (Å²) in [6, 6.07) is 8.95. The molecule has 4 heteroatoms. The van der Waals surface area contributed by atoms with Crippen molar-refractivity contribution in [2.75, 3.05) is 0 Å². The Bertz CT molecular complexity index is 528. The first-order chi connectivity index (χ1) is 10.8. The van der Waals surface area contributed by atoms with Crippen LogP contribution in [0.3, 0.4) is 0 Å². The second-order valence-corrected chi connectivity index (χ2v) is 20.9. The molecule has 1 aromatic carbocycles. The molecule has 0 atom stereocenters. The largest absolute Gasteiger partial charge is 0.334 e. The normalized spacial score (nSPS) is 13.0. The van der Waals surface area contributed by atoms with Crippen LogP contribution in [0.25, 0.3) is 0 Å². The summed E-state index contributed by atoms with van der Waals surface area (Å²) in [5, 5.41) is 0.709. The number of benzene rings is 1. The van der Waals surface area contributed by atoms with Crippen LogP contribution in [0, 0.1) is 0 Å². The Morgan fingerprint density at radius 2 is 1.17 bits per heavy atom. The van der Waals surface area contributed by atoms with Gasteiger partial charge in [0.15, 0.2) is 0 Å². The molecule has 0 aromatic heterocycles. The van der Waals surface area contributed by atoms with E-state index in [1.807, 2.05) is 17.0 Å². The van der Waals surface area contributed by atoms with E-state index in [9.17, 15) is 4.79 Å². The molecule has 0 N–H and O–H groups in total. The van der Waals surface area contributed by atoms with E-state index < -0.39 is 16.1 Å². The fourth-order valence-electron chi connectivity index (χ4n) is 4.33. The molecule has 24 heavy (non-hydrogen) atoms. The molecule has 1 amide bonds. The van der Waals surface area contributed by atoms with Gasteiger partial charge < -0.3 is 4.90 Å². The van der Waals surface area contributed by atoms with Crippen molar-refractivity contribution in [3.63, 3.8) is 0 Å². The number of hydrogen-bond donors (Lipinski definition) is 0. The topological polar surface area (TPSA) is 20.3 Å². The molecule has 0 heterocycles. The lowest BCUT2D eigenvalue weighted by atomic mass is 10.1. The van der Waals surface area contributed by atoms with E-state index in [4.69, 9.17) is 0 Å². The van der Waals surface area contributed by atoms with Gasteiger partial charge in [-0.05, 0) is 45.0 Å². The van der Waals surface area contributed by atoms with Crippen molar-refractivity contribution < 1.29 is 4.79 Å². The van der Waals surface area contributed by atoms with Crippen LogP contribution in [-0.2, 0) is 0 Å². The molecule has 0 fully saturated rings. The summed E-state index contributed by atoms with van der Waals surface area (Å²) < 4.78 is 0. The third-order valence-electron chi connectivity index (χ3n) is 4.57. The minimum atomic E-state index is -1.30. The van der Waals surface area contributed by atoms with Gasteiger partial charge in [-0.15, -0.1) is 0 Å². The maximum Gasteiger partial charge on any atom is 0.254 e. The summed E-state index contributed by atoms with van der Waals surface area (Å²) in [5.41, 5.74) is 2.25. The summed E-state index contributed by atoms with van der Waals surface area (Å²) in [6.45, 7) is 23.1. The highest BCUT2D eigenvalue weighted by Gasteiger charge is 2.38. The van der Waals surface area contributed by atoms with E-state index in [0.29, 0.717) is 5.16 Å². The average molecular weight is 364 g/mol. The minimum Gasteiger partial charge on any atom is -0.334 e. The highest BCUT2D eigenvalue weighted by molar-refractivity contribution is 6.96. The highest BCUT2D eigenvalue weighted by atomic mass is 28.4. The minimum absolute atomic E-state index is 0.143. The van der Waals surface area contributed by atoms with Crippen molar-refractivity contribution >= 4 is 22.1 Å². The molecule has 0 saturated heterocycles. The van der Waals surface area contributed by atoms with Crippen LogP contribution in [0.2, 0.25) is 39.3 Å². The molecule has 0 unspecified atom stereocenters. The van der Waals surface area contributed by atoms with Gasteiger partial charge in [0.1, 0.15) is 0 Å². The highest BCUT2D eigenvalue weighted by Crippen LogP contribution is 2.35. The monoisotopic (exact) mass is 363 g/mol. The van der Waals surface area contributed by atoms with Crippen LogP contribution in [0.15, 0.2) is 24.3 Å². The van der Waals surface area contributed by atoms with Crippen molar-refractivity contribution in [1.29, 1.82) is 0 Å². The van der Waals surface area contributed by atoms with Crippen LogP contribution < -0.4 is 0 Å². The molecule has 0 aliphatic rings. The zero-order chi connectivity index (χ0) is 18.9. The molecule has 1 aromatic rings. The van der Waals surface area contributed by atoms with E-state index in [1.165, 1.54) is 5.56 Å². The maximum atomic E-state index is 12.8. The molecule has 0 saturated carbocycles. The Hall–Kier alpha value is -0.876. The number of carbonyl (C=O) groups excluding carboxylic acids is 1. The van der Waals surface area contributed by atoms with Gasteiger partial charge in [-0.1, -0.05) is 57.0 Å². The maximum absolute atomic E-state index is 12.8. The van der Waals surface area contributed by atoms with Crippen molar-refractivity contribution in [3.05, 3.63) is 35.4 Å². The fourth-order valence-corrected chi connectivity index (χ4v) is 17.1. The van der Waals surface area contributed by atoms with Gasteiger partial charge in [-0.2, -0.15) is 0 Å². The molecule has 0 spiro atoms. The first-order valence-electron chi connectivity index (χ1n) is 9.19. The van der Waals surface area contributed by atoms with E-state index in [1.54, 1.807) is 0 Å². The number of carbonyl (C=O) groups is 1. The Morgan fingerprint density at radius 1 is 0.792 bits per heavy atom. The Labute approximate surface area is 151 Å². The van der Waals surface area contributed by atoms with Crippen LogP contribution in [0.1, 0.15) is 48.8 Å². The van der Waals surface area contributed by atoms with Crippen molar-refractivity contribution in [2.45, 2.75) is 84.2 Å². The van der Waals surface area contributed by atoms with Gasteiger partial charge in [0.25, 0.3) is 5.91 Å². The van der Waals surface area contributed by atoms with Crippen LogP contribution >= 0.6 is 0 Å². The summed E-state index contributed by atoms with van der Waals surface area (Å²) >= 11 is 0. The molecule has 0 aliphatic carbocycles. The van der Waals surface area contributed by atoms with E-state index in [-0.39, 0.29) is 18.0 Å². The second kappa shape index (κ2) is 7.57. The SMILES string of the molecule is CC(C)N(C(=O)c1ccc(C([Si](C)(C)C)[Si](C)(C)C)cc1)C(C)C. The zero-order valence-electron chi connectivity index (χ0n) is 17.4. The zero-order valence-corrected chi connectivity index (χ0v) is 19.4. The third kappa shape index (κ3) is 5.06. The molecule has 136 valence electrons. The first-order valence-corrected chi connectivity index (χ1v) is 16.3. The summed E-state index contributed by atoms with van der Waals surface area (Å²) in [4.78, 5) is 14.8. The number of amides is 1. The van der Waals surface area contributed by atoms with E-state index in [2.05, 4.69) is 79.1 Å².